The highest BCUT2D eigenvalue weighted by atomic mass is 16.7. The standard InChI is InChI=1S/C12H25NO3/c1-4-7-14-8-5-6-13-11-9-15-12(2,3)16-10-11/h11,13H,4-10H2,1-3H3. The van der Waals surface area contributed by atoms with Gasteiger partial charge in [-0.05, 0) is 33.2 Å². The van der Waals surface area contributed by atoms with Crippen molar-refractivity contribution in [2.75, 3.05) is 33.0 Å². The molecule has 4 nitrogen and oxygen atoms in total. The zero-order valence-electron chi connectivity index (χ0n) is 10.8. The molecule has 0 bridgehead atoms. The highest BCUT2D eigenvalue weighted by Gasteiger charge is 2.27. The maximum absolute atomic E-state index is 5.56. The number of nitrogens with one attached hydrogen (secondary N) is 1. The molecule has 0 aromatic carbocycles. The molecule has 1 aliphatic heterocycles. The fraction of sp³-hybridized carbons (Fsp3) is 1.00. The van der Waals surface area contributed by atoms with Crippen molar-refractivity contribution in [3.63, 3.8) is 0 Å². The Hall–Kier alpha value is -0.160. The third-order valence-electron chi connectivity index (χ3n) is 2.51. The van der Waals surface area contributed by atoms with Crippen LogP contribution in [0.4, 0.5) is 0 Å². The number of hydrogen-bond acceptors (Lipinski definition) is 4. The molecule has 0 radical (unpaired) electrons. The largest absolute Gasteiger partial charge is 0.381 e. The summed E-state index contributed by atoms with van der Waals surface area (Å²) in [4.78, 5) is 0. The van der Waals surface area contributed by atoms with E-state index in [-0.39, 0.29) is 0 Å². The van der Waals surface area contributed by atoms with Crippen molar-refractivity contribution in [2.45, 2.75) is 45.4 Å². The molecule has 0 unspecified atom stereocenters. The summed E-state index contributed by atoms with van der Waals surface area (Å²) >= 11 is 0. The van der Waals surface area contributed by atoms with Crippen LogP contribution in [0, 0.1) is 0 Å². The molecule has 96 valence electrons. The monoisotopic (exact) mass is 231 g/mol. The van der Waals surface area contributed by atoms with Crippen molar-refractivity contribution in [1.82, 2.24) is 5.32 Å². The van der Waals surface area contributed by atoms with Gasteiger partial charge >= 0.3 is 0 Å². The van der Waals surface area contributed by atoms with Crippen molar-refractivity contribution in [1.29, 1.82) is 0 Å². The van der Waals surface area contributed by atoms with E-state index in [0.717, 1.165) is 45.8 Å². The summed E-state index contributed by atoms with van der Waals surface area (Å²) < 4.78 is 16.5. The number of ether oxygens (including phenoxy) is 3. The highest BCUT2D eigenvalue weighted by Crippen LogP contribution is 2.16. The Kier molecular flexibility index (Phi) is 6.28. The van der Waals surface area contributed by atoms with E-state index in [1.807, 2.05) is 13.8 Å². The Labute approximate surface area is 98.6 Å². The Balaban J connectivity index is 1.94. The predicted molar refractivity (Wildman–Crippen MR) is 63.5 cm³/mol. The third-order valence-corrected chi connectivity index (χ3v) is 2.51. The molecule has 0 atom stereocenters. The Morgan fingerprint density at radius 1 is 1.25 bits per heavy atom. The average Bonchev–Trinajstić information content (AvgIpc) is 2.25. The second-order valence-electron chi connectivity index (χ2n) is 4.64. The molecule has 1 aliphatic rings. The maximum atomic E-state index is 5.56. The van der Waals surface area contributed by atoms with Crippen LogP contribution in [0.3, 0.4) is 0 Å². The molecule has 0 aromatic rings. The highest BCUT2D eigenvalue weighted by molar-refractivity contribution is 4.72. The van der Waals surface area contributed by atoms with Crippen LogP contribution in [0.15, 0.2) is 0 Å². The Bertz CT molecular complexity index is 175. The first kappa shape index (κ1) is 13.9. The number of rotatable bonds is 7. The molecule has 0 aliphatic carbocycles. The van der Waals surface area contributed by atoms with Crippen LogP contribution in [0.5, 0.6) is 0 Å². The molecule has 1 saturated heterocycles. The first-order chi connectivity index (χ1) is 7.64. The summed E-state index contributed by atoms with van der Waals surface area (Å²) in [6, 6.07) is 0.319. The smallest absolute Gasteiger partial charge is 0.162 e. The van der Waals surface area contributed by atoms with Gasteiger partial charge in [0.2, 0.25) is 0 Å². The van der Waals surface area contributed by atoms with E-state index in [2.05, 4.69) is 12.2 Å². The van der Waals surface area contributed by atoms with E-state index >= 15 is 0 Å². The van der Waals surface area contributed by atoms with Crippen LogP contribution >= 0.6 is 0 Å². The van der Waals surface area contributed by atoms with Crippen molar-refractivity contribution >= 4 is 0 Å². The van der Waals surface area contributed by atoms with Gasteiger partial charge in [0.15, 0.2) is 5.79 Å². The average molecular weight is 231 g/mol. The lowest BCUT2D eigenvalue weighted by molar-refractivity contribution is -0.252. The van der Waals surface area contributed by atoms with Gasteiger partial charge in [-0.3, -0.25) is 0 Å². The van der Waals surface area contributed by atoms with Crippen LogP contribution in [-0.2, 0) is 14.2 Å². The van der Waals surface area contributed by atoms with Gasteiger partial charge in [0.05, 0.1) is 19.3 Å². The summed E-state index contributed by atoms with van der Waals surface area (Å²) in [5, 5.41) is 3.41. The quantitative estimate of drug-likeness (QED) is 0.675. The van der Waals surface area contributed by atoms with Crippen LogP contribution in [-0.4, -0.2) is 44.8 Å². The first-order valence-electron chi connectivity index (χ1n) is 6.23. The van der Waals surface area contributed by atoms with Gasteiger partial charge in [0.25, 0.3) is 0 Å². The van der Waals surface area contributed by atoms with E-state index in [1.165, 1.54) is 0 Å². The first-order valence-corrected chi connectivity index (χ1v) is 6.23. The summed E-state index contributed by atoms with van der Waals surface area (Å²) in [5.74, 6) is -0.414. The number of hydrogen-bond donors (Lipinski definition) is 1. The lowest BCUT2D eigenvalue weighted by atomic mass is 10.2. The van der Waals surface area contributed by atoms with E-state index in [1.54, 1.807) is 0 Å². The van der Waals surface area contributed by atoms with E-state index < -0.39 is 5.79 Å². The van der Waals surface area contributed by atoms with E-state index in [0.29, 0.717) is 6.04 Å². The van der Waals surface area contributed by atoms with Crippen LogP contribution in [0.2, 0.25) is 0 Å². The van der Waals surface area contributed by atoms with Gasteiger partial charge in [-0.2, -0.15) is 0 Å². The van der Waals surface area contributed by atoms with Gasteiger partial charge < -0.3 is 19.5 Å². The zero-order valence-corrected chi connectivity index (χ0v) is 10.8. The topological polar surface area (TPSA) is 39.7 Å². The zero-order chi connectivity index (χ0) is 11.9. The second-order valence-corrected chi connectivity index (χ2v) is 4.64. The molecule has 4 heteroatoms. The second kappa shape index (κ2) is 7.22. The van der Waals surface area contributed by atoms with E-state index in [9.17, 15) is 0 Å². The summed E-state index contributed by atoms with van der Waals surface area (Å²) in [6.45, 7) is 10.1. The molecular formula is C12H25NO3. The Morgan fingerprint density at radius 2 is 1.94 bits per heavy atom. The van der Waals surface area contributed by atoms with Crippen molar-refractivity contribution in [3.05, 3.63) is 0 Å². The van der Waals surface area contributed by atoms with Crippen LogP contribution in [0.1, 0.15) is 33.6 Å². The third kappa shape index (κ3) is 5.80. The lowest BCUT2D eigenvalue weighted by Gasteiger charge is -2.35. The molecule has 0 amide bonds. The van der Waals surface area contributed by atoms with Gasteiger partial charge in [-0.25, -0.2) is 0 Å². The van der Waals surface area contributed by atoms with Gasteiger partial charge in [0.1, 0.15) is 0 Å². The van der Waals surface area contributed by atoms with Gasteiger partial charge in [-0.1, -0.05) is 6.92 Å². The molecule has 1 rings (SSSR count). The van der Waals surface area contributed by atoms with Crippen LogP contribution < -0.4 is 5.32 Å². The van der Waals surface area contributed by atoms with Crippen LogP contribution in [0.25, 0.3) is 0 Å². The SMILES string of the molecule is CCCOCCCNC1COC(C)(C)OC1. The van der Waals surface area contributed by atoms with Crippen molar-refractivity contribution in [3.8, 4) is 0 Å². The molecular weight excluding hydrogens is 206 g/mol. The summed E-state index contributed by atoms with van der Waals surface area (Å²) in [7, 11) is 0. The Morgan fingerprint density at radius 3 is 2.56 bits per heavy atom. The summed E-state index contributed by atoms with van der Waals surface area (Å²) in [6.07, 6.45) is 2.13. The predicted octanol–water partition coefficient (Wildman–Crippen LogP) is 1.54. The lowest BCUT2D eigenvalue weighted by Crippen LogP contribution is -2.48. The fourth-order valence-electron chi connectivity index (χ4n) is 1.54. The normalized spacial score (nSPS) is 21.2. The molecule has 0 aromatic heterocycles. The summed E-state index contributed by atoms with van der Waals surface area (Å²) in [5.41, 5.74) is 0. The van der Waals surface area contributed by atoms with E-state index in [4.69, 9.17) is 14.2 Å². The maximum Gasteiger partial charge on any atom is 0.162 e. The van der Waals surface area contributed by atoms with Gasteiger partial charge in [-0.15, -0.1) is 0 Å². The fourth-order valence-corrected chi connectivity index (χ4v) is 1.54. The van der Waals surface area contributed by atoms with Crippen molar-refractivity contribution < 1.29 is 14.2 Å². The molecule has 0 saturated carbocycles. The minimum atomic E-state index is -0.414. The minimum Gasteiger partial charge on any atom is -0.381 e. The van der Waals surface area contributed by atoms with Crippen molar-refractivity contribution in [2.24, 2.45) is 0 Å². The van der Waals surface area contributed by atoms with Gasteiger partial charge in [0, 0.05) is 13.2 Å². The minimum absolute atomic E-state index is 0.319. The molecule has 0 spiro atoms. The molecule has 1 fully saturated rings. The molecule has 1 heterocycles. The molecule has 1 N–H and O–H groups in total. The molecule has 16 heavy (non-hydrogen) atoms.